The number of hydrogen-bond donors (Lipinski definition) is 2. The van der Waals surface area contributed by atoms with Gasteiger partial charge in [-0.1, -0.05) is 6.07 Å². The normalized spacial score (nSPS) is 16.6. The third-order valence-corrected chi connectivity index (χ3v) is 4.51. The number of benzene rings is 1. The number of carbonyl (C=O) groups excluding carboxylic acids is 2. The van der Waals surface area contributed by atoms with Crippen molar-refractivity contribution in [1.29, 1.82) is 0 Å². The van der Waals surface area contributed by atoms with Crippen molar-refractivity contribution in [2.45, 2.75) is 23.6 Å². The van der Waals surface area contributed by atoms with E-state index in [1.54, 1.807) is 18.3 Å². The van der Waals surface area contributed by atoms with Crippen LogP contribution in [0.2, 0.25) is 0 Å². The van der Waals surface area contributed by atoms with E-state index in [4.69, 9.17) is 0 Å². The molecule has 3 rings (SSSR count). The number of carbonyl (C=O) groups is 2. The molecule has 0 spiro atoms. The second-order valence-electron chi connectivity index (χ2n) is 4.96. The number of hydrogen-bond acceptors (Lipinski definition) is 4. The van der Waals surface area contributed by atoms with Gasteiger partial charge in [0.15, 0.2) is 0 Å². The highest BCUT2D eigenvalue weighted by atomic mass is 32.2. The summed E-state index contributed by atoms with van der Waals surface area (Å²) in [6.07, 6.45) is 1.69. The lowest BCUT2D eigenvalue weighted by molar-refractivity contribution is -0.115. The van der Waals surface area contributed by atoms with E-state index in [1.807, 2.05) is 31.2 Å². The van der Waals surface area contributed by atoms with Crippen LogP contribution >= 0.6 is 11.8 Å². The molecule has 2 amide bonds. The SMILES string of the molecule is C[C@H]1Sc2ccc(C(=O)NCc3ccccn3)cc2NC1=O. The van der Waals surface area contributed by atoms with Crippen LogP contribution in [-0.2, 0) is 11.3 Å². The van der Waals surface area contributed by atoms with Gasteiger partial charge >= 0.3 is 0 Å². The lowest BCUT2D eigenvalue weighted by atomic mass is 10.1. The highest BCUT2D eigenvalue weighted by Gasteiger charge is 2.23. The second kappa shape index (κ2) is 6.19. The van der Waals surface area contributed by atoms with Crippen LogP contribution in [0.1, 0.15) is 23.0 Å². The molecule has 6 heteroatoms. The minimum Gasteiger partial charge on any atom is -0.346 e. The van der Waals surface area contributed by atoms with Crippen molar-refractivity contribution in [3.63, 3.8) is 0 Å². The molecule has 2 N–H and O–H groups in total. The molecule has 112 valence electrons. The molecule has 1 atom stereocenters. The monoisotopic (exact) mass is 313 g/mol. The van der Waals surface area contributed by atoms with Gasteiger partial charge in [-0.3, -0.25) is 14.6 Å². The number of pyridine rings is 1. The van der Waals surface area contributed by atoms with Crippen LogP contribution in [0.5, 0.6) is 0 Å². The molecule has 1 aromatic carbocycles. The maximum atomic E-state index is 12.2. The molecule has 2 aromatic rings. The summed E-state index contributed by atoms with van der Waals surface area (Å²) in [6.45, 7) is 2.23. The first-order valence-electron chi connectivity index (χ1n) is 6.93. The Balaban J connectivity index is 1.71. The number of thioether (sulfide) groups is 1. The van der Waals surface area contributed by atoms with Crippen molar-refractivity contribution < 1.29 is 9.59 Å². The fraction of sp³-hybridized carbons (Fsp3) is 0.188. The van der Waals surface area contributed by atoms with Crippen molar-refractivity contribution in [2.24, 2.45) is 0 Å². The maximum Gasteiger partial charge on any atom is 0.251 e. The van der Waals surface area contributed by atoms with Crippen LogP contribution in [0.25, 0.3) is 0 Å². The Kier molecular flexibility index (Phi) is 4.11. The number of fused-ring (bicyclic) bond motifs is 1. The van der Waals surface area contributed by atoms with Gasteiger partial charge in [0.1, 0.15) is 0 Å². The summed E-state index contributed by atoms with van der Waals surface area (Å²) >= 11 is 1.50. The maximum absolute atomic E-state index is 12.2. The molecule has 0 bridgehead atoms. The van der Waals surface area contributed by atoms with E-state index >= 15 is 0 Å². The average Bonchev–Trinajstić information content (AvgIpc) is 2.54. The lowest BCUT2D eigenvalue weighted by Gasteiger charge is -2.21. The number of anilines is 1. The Labute approximate surface area is 132 Å². The molecule has 22 heavy (non-hydrogen) atoms. The first kappa shape index (κ1) is 14.6. The molecular formula is C16H15N3O2S. The van der Waals surface area contributed by atoms with Gasteiger partial charge in [0, 0.05) is 16.7 Å². The molecule has 0 saturated heterocycles. The van der Waals surface area contributed by atoms with Gasteiger partial charge in [-0.2, -0.15) is 0 Å². The number of rotatable bonds is 3. The smallest absolute Gasteiger partial charge is 0.251 e. The summed E-state index contributed by atoms with van der Waals surface area (Å²) in [5.41, 5.74) is 2.01. The fourth-order valence-corrected chi connectivity index (χ4v) is 3.06. The molecular weight excluding hydrogens is 298 g/mol. The van der Waals surface area contributed by atoms with Crippen molar-refractivity contribution in [1.82, 2.24) is 10.3 Å². The summed E-state index contributed by atoms with van der Waals surface area (Å²) < 4.78 is 0. The van der Waals surface area contributed by atoms with Gasteiger partial charge < -0.3 is 10.6 Å². The van der Waals surface area contributed by atoms with Crippen LogP contribution in [0.3, 0.4) is 0 Å². The number of nitrogens with zero attached hydrogens (tertiary/aromatic N) is 1. The minimum absolute atomic E-state index is 0.0384. The van der Waals surface area contributed by atoms with Gasteiger partial charge in [0.2, 0.25) is 5.91 Å². The molecule has 5 nitrogen and oxygen atoms in total. The van der Waals surface area contributed by atoms with Gasteiger partial charge in [0.05, 0.1) is 23.2 Å². The van der Waals surface area contributed by atoms with E-state index in [1.165, 1.54) is 11.8 Å². The summed E-state index contributed by atoms with van der Waals surface area (Å²) in [4.78, 5) is 29.0. The molecule has 0 radical (unpaired) electrons. The van der Waals surface area contributed by atoms with Crippen LogP contribution in [-0.4, -0.2) is 22.0 Å². The predicted octanol–water partition coefficient (Wildman–Crippen LogP) is 2.44. The van der Waals surface area contributed by atoms with E-state index in [0.29, 0.717) is 17.8 Å². The van der Waals surface area contributed by atoms with Gasteiger partial charge in [-0.05, 0) is 37.3 Å². The highest BCUT2D eigenvalue weighted by Crippen LogP contribution is 2.35. The topological polar surface area (TPSA) is 71.1 Å². The average molecular weight is 313 g/mol. The molecule has 0 aliphatic carbocycles. The number of aromatic nitrogens is 1. The quantitative estimate of drug-likeness (QED) is 0.913. The Hall–Kier alpha value is -2.34. The van der Waals surface area contributed by atoms with Crippen molar-refractivity contribution in [3.05, 3.63) is 53.9 Å². The molecule has 0 fully saturated rings. The summed E-state index contributed by atoms with van der Waals surface area (Å²) in [7, 11) is 0. The Morgan fingerprint density at radius 2 is 2.23 bits per heavy atom. The highest BCUT2D eigenvalue weighted by molar-refractivity contribution is 8.00. The van der Waals surface area contributed by atoms with E-state index in [2.05, 4.69) is 15.6 Å². The van der Waals surface area contributed by atoms with Gasteiger partial charge in [-0.25, -0.2) is 0 Å². The largest absolute Gasteiger partial charge is 0.346 e. The first-order chi connectivity index (χ1) is 10.6. The van der Waals surface area contributed by atoms with Crippen LogP contribution < -0.4 is 10.6 Å². The Morgan fingerprint density at radius 1 is 1.36 bits per heavy atom. The van der Waals surface area contributed by atoms with E-state index < -0.39 is 0 Å². The molecule has 0 saturated carbocycles. The van der Waals surface area contributed by atoms with E-state index in [-0.39, 0.29) is 17.1 Å². The molecule has 1 aliphatic rings. The summed E-state index contributed by atoms with van der Waals surface area (Å²) in [5, 5.41) is 5.53. The summed E-state index contributed by atoms with van der Waals surface area (Å²) in [5.74, 6) is -0.227. The minimum atomic E-state index is -0.189. The van der Waals surface area contributed by atoms with E-state index in [9.17, 15) is 9.59 Å². The third-order valence-electron chi connectivity index (χ3n) is 3.33. The number of amides is 2. The van der Waals surface area contributed by atoms with E-state index in [0.717, 1.165) is 10.6 Å². The van der Waals surface area contributed by atoms with Crippen molar-refractivity contribution >= 4 is 29.3 Å². The zero-order valence-corrected chi connectivity index (χ0v) is 12.8. The summed E-state index contributed by atoms with van der Waals surface area (Å²) in [6, 6.07) is 10.9. The molecule has 1 aromatic heterocycles. The molecule has 2 heterocycles. The zero-order valence-electron chi connectivity index (χ0n) is 12.0. The van der Waals surface area contributed by atoms with Gasteiger partial charge in [0.25, 0.3) is 5.91 Å². The lowest BCUT2D eigenvalue weighted by Crippen LogP contribution is -2.27. The first-order valence-corrected chi connectivity index (χ1v) is 7.81. The Morgan fingerprint density at radius 3 is 3.00 bits per heavy atom. The van der Waals surface area contributed by atoms with Crippen LogP contribution in [0, 0.1) is 0 Å². The molecule has 0 unspecified atom stereocenters. The van der Waals surface area contributed by atoms with Crippen molar-refractivity contribution in [2.75, 3.05) is 5.32 Å². The van der Waals surface area contributed by atoms with Crippen LogP contribution in [0.15, 0.2) is 47.5 Å². The Bertz CT molecular complexity index is 719. The van der Waals surface area contributed by atoms with Crippen molar-refractivity contribution in [3.8, 4) is 0 Å². The molecule has 1 aliphatic heterocycles. The van der Waals surface area contributed by atoms with Crippen LogP contribution in [0.4, 0.5) is 5.69 Å². The fourth-order valence-electron chi connectivity index (χ4n) is 2.13. The zero-order chi connectivity index (χ0) is 15.5. The number of nitrogens with one attached hydrogen (secondary N) is 2. The van der Waals surface area contributed by atoms with Gasteiger partial charge in [-0.15, -0.1) is 11.8 Å². The predicted molar refractivity (Wildman–Crippen MR) is 85.8 cm³/mol. The standard InChI is InChI=1S/C16H15N3O2S/c1-10-15(20)19-13-8-11(5-6-14(13)22-10)16(21)18-9-12-4-2-3-7-17-12/h2-8,10H,9H2,1H3,(H,18,21)(H,19,20)/t10-/m1/s1. The third kappa shape index (κ3) is 3.12. The second-order valence-corrected chi connectivity index (χ2v) is 6.35.